The molecule has 0 aliphatic rings. The van der Waals surface area contributed by atoms with Crippen LogP contribution < -0.4 is 10.1 Å². The number of fused-ring (bicyclic) bond motifs is 2. The molecule has 5 aromatic carbocycles. The number of amides is 1. The number of azo groups is 1. The Morgan fingerprint density at radius 2 is 1.59 bits per heavy atom. The molecule has 5 aromatic rings. The van der Waals surface area contributed by atoms with Crippen LogP contribution in [-0.4, -0.2) is 23.0 Å². The van der Waals surface area contributed by atoms with Crippen molar-refractivity contribution < 1.29 is 19.6 Å². The second-order valence-electron chi connectivity index (χ2n) is 8.14. The monoisotopic (exact) mass is 492 g/mol. The Hall–Kier alpha value is -5.31. The summed E-state index contributed by atoms with van der Waals surface area (Å²) in [4.78, 5) is 23.9. The summed E-state index contributed by atoms with van der Waals surface area (Å²) in [5.74, 6) is -0.711. The summed E-state index contributed by atoms with van der Waals surface area (Å²) in [5.41, 5.74) is 0.783. The largest absolute Gasteiger partial charge is 0.505 e. The Kier molecular flexibility index (Phi) is 6.17. The summed E-state index contributed by atoms with van der Waals surface area (Å²) in [6, 6.07) is 25.9. The maximum atomic E-state index is 13.3. The van der Waals surface area contributed by atoms with Crippen LogP contribution in [0.25, 0.3) is 21.5 Å². The van der Waals surface area contributed by atoms with Crippen molar-refractivity contribution in [2.24, 2.45) is 10.2 Å². The highest BCUT2D eigenvalue weighted by Gasteiger charge is 2.19. The number of carbonyl (C=O) groups is 1. The van der Waals surface area contributed by atoms with Crippen molar-refractivity contribution in [3.05, 3.63) is 107 Å². The standard InChI is InChI=1S/C28H20N4O5/c1-37-25-16-19(32(35)36)13-14-24(25)30-31-26-21-11-5-3-8-18(21)15-22(27(26)33)28(34)29-23-12-6-9-17-7-2-4-10-20(17)23/h2-16,33H,1H3,(H,29,34)/b31-30+. The fourth-order valence-electron chi connectivity index (χ4n) is 4.08. The maximum Gasteiger partial charge on any atom is 0.273 e. The van der Waals surface area contributed by atoms with Gasteiger partial charge in [0.15, 0.2) is 11.5 Å². The number of carbonyl (C=O) groups excluding carboxylic acids is 1. The van der Waals surface area contributed by atoms with Gasteiger partial charge in [0.25, 0.3) is 11.6 Å². The van der Waals surface area contributed by atoms with Crippen LogP contribution in [0.1, 0.15) is 10.4 Å². The van der Waals surface area contributed by atoms with Gasteiger partial charge in [0.1, 0.15) is 11.4 Å². The number of benzene rings is 5. The van der Waals surface area contributed by atoms with Crippen LogP contribution in [-0.2, 0) is 0 Å². The zero-order valence-electron chi connectivity index (χ0n) is 19.6. The molecule has 9 nitrogen and oxygen atoms in total. The first-order chi connectivity index (χ1) is 18.0. The molecule has 0 atom stereocenters. The number of ether oxygens (including phenoxy) is 1. The van der Waals surface area contributed by atoms with Crippen molar-refractivity contribution in [3.63, 3.8) is 0 Å². The van der Waals surface area contributed by atoms with E-state index < -0.39 is 10.8 Å². The first-order valence-corrected chi connectivity index (χ1v) is 11.2. The summed E-state index contributed by atoms with van der Waals surface area (Å²) >= 11 is 0. The zero-order valence-corrected chi connectivity index (χ0v) is 19.6. The third kappa shape index (κ3) is 4.53. The van der Waals surface area contributed by atoms with Gasteiger partial charge in [-0.15, -0.1) is 10.2 Å². The highest BCUT2D eigenvalue weighted by molar-refractivity contribution is 6.14. The summed E-state index contributed by atoms with van der Waals surface area (Å²) in [6.45, 7) is 0. The number of hydrogen-bond acceptors (Lipinski definition) is 7. The number of nitro groups is 1. The Morgan fingerprint density at radius 3 is 2.35 bits per heavy atom. The van der Waals surface area contributed by atoms with Gasteiger partial charge in [-0.25, -0.2) is 0 Å². The average Bonchev–Trinajstić information content (AvgIpc) is 2.92. The van der Waals surface area contributed by atoms with E-state index in [4.69, 9.17) is 4.74 Å². The van der Waals surface area contributed by atoms with Crippen LogP contribution >= 0.6 is 0 Å². The van der Waals surface area contributed by atoms with Crippen LogP contribution in [0.5, 0.6) is 11.5 Å². The molecule has 182 valence electrons. The summed E-state index contributed by atoms with van der Waals surface area (Å²) < 4.78 is 5.22. The molecule has 0 aliphatic carbocycles. The van der Waals surface area contributed by atoms with Gasteiger partial charge >= 0.3 is 0 Å². The zero-order chi connectivity index (χ0) is 25.9. The number of hydrogen-bond donors (Lipinski definition) is 2. The predicted molar refractivity (Wildman–Crippen MR) is 141 cm³/mol. The van der Waals surface area contributed by atoms with Crippen molar-refractivity contribution in [1.29, 1.82) is 0 Å². The highest BCUT2D eigenvalue weighted by Crippen LogP contribution is 2.41. The van der Waals surface area contributed by atoms with Crippen LogP contribution in [0.4, 0.5) is 22.7 Å². The molecular formula is C28H20N4O5. The molecule has 9 heteroatoms. The number of anilines is 1. The molecular weight excluding hydrogens is 472 g/mol. The van der Waals surface area contributed by atoms with Gasteiger partial charge in [-0.2, -0.15) is 0 Å². The number of nitrogens with zero attached hydrogens (tertiary/aromatic N) is 3. The summed E-state index contributed by atoms with van der Waals surface area (Å²) in [6.07, 6.45) is 0. The molecule has 0 spiro atoms. The highest BCUT2D eigenvalue weighted by atomic mass is 16.6. The molecule has 0 bridgehead atoms. The van der Waals surface area contributed by atoms with Gasteiger partial charge in [-0.3, -0.25) is 14.9 Å². The SMILES string of the molecule is COc1cc([N+](=O)[O-])ccc1/N=N/c1c(O)c(C(=O)Nc2cccc3ccccc23)cc2ccccc12. The minimum absolute atomic E-state index is 0.0243. The van der Waals surface area contributed by atoms with E-state index in [9.17, 15) is 20.0 Å². The molecule has 0 saturated heterocycles. The van der Waals surface area contributed by atoms with E-state index >= 15 is 0 Å². The van der Waals surface area contributed by atoms with Crippen molar-refractivity contribution in [3.8, 4) is 11.5 Å². The lowest BCUT2D eigenvalue weighted by Gasteiger charge is -2.12. The maximum absolute atomic E-state index is 13.3. The van der Waals surface area contributed by atoms with E-state index in [2.05, 4.69) is 15.5 Å². The molecule has 0 unspecified atom stereocenters. The number of nitrogens with one attached hydrogen (secondary N) is 1. The van der Waals surface area contributed by atoms with Gasteiger partial charge in [0.2, 0.25) is 0 Å². The molecule has 0 aliphatic heterocycles. The lowest BCUT2D eigenvalue weighted by molar-refractivity contribution is -0.384. The Balaban J connectivity index is 1.57. The summed E-state index contributed by atoms with van der Waals surface area (Å²) in [5, 5.41) is 36.6. The molecule has 2 N–H and O–H groups in total. The molecule has 0 saturated carbocycles. The molecule has 0 radical (unpaired) electrons. The number of methoxy groups -OCH3 is 1. The topological polar surface area (TPSA) is 126 Å². The third-order valence-corrected chi connectivity index (χ3v) is 5.91. The fraction of sp³-hybridized carbons (Fsp3) is 0.0357. The minimum atomic E-state index is -0.541. The predicted octanol–water partition coefficient (Wildman–Crippen LogP) is 7.28. The second-order valence-corrected chi connectivity index (χ2v) is 8.14. The van der Waals surface area contributed by atoms with Gasteiger partial charge in [-0.1, -0.05) is 60.7 Å². The Labute approximate surface area is 210 Å². The second kappa shape index (κ2) is 9.74. The number of rotatable bonds is 6. The first kappa shape index (κ1) is 23.4. The third-order valence-electron chi connectivity index (χ3n) is 5.91. The number of phenolic OH excluding ortho intramolecular Hbond substituents is 1. The van der Waals surface area contributed by atoms with Crippen molar-refractivity contribution in [1.82, 2.24) is 0 Å². The van der Waals surface area contributed by atoms with E-state index in [0.717, 1.165) is 10.8 Å². The van der Waals surface area contributed by atoms with Gasteiger partial charge in [0, 0.05) is 22.5 Å². The van der Waals surface area contributed by atoms with Crippen LogP contribution in [0.3, 0.4) is 0 Å². The van der Waals surface area contributed by atoms with E-state index in [0.29, 0.717) is 16.5 Å². The van der Waals surface area contributed by atoms with Crippen LogP contribution in [0, 0.1) is 10.1 Å². The first-order valence-electron chi connectivity index (χ1n) is 11.2. The van der Waals surface area contributed by atoms with Crippen molar-refractivity contribution in [2.75, 3.05) is 12.4 Å². The normalized spacial score (nSPS) is 11.2. The van der Waals surface area contributed by atoms with Gasteiger partial charge in [0.05, 0.1) is 23.7 Å². The van der Waals surface area contributed by atoms with Crippen molar-refractivity contribution in [2.45, 2.75) is 0 Å². The molecule has 0 fully saturated rings. The lowest BCUT2D eigenvalue weighted by Crippen LogP contribution is -2.12. The molecule has 37 heavy (non-hydrogen) atoms. The number of nitro benzene ring substituents is 1. The number of aromatic hydroxyl groups is 1. The van der Waals surface area contributed by atoms with E-state index in [1.807, 2.05) is 42.5 Å². The van der Waals surface area contributed by atoms with E-state index in [1.165, 1.54) is 25.3 Å². The quantitative estimate of drug-likeness (QED) is 0.146. The number of phenols is 1. The van der Waals surface area contributed by atoms with Gasteiger partial charge < -0.3 is 15.2 Å². The average molecular weight is 492 g/mol. The summed E-state index contributed by atoms with van der Waals surface area (Å²) in [7, 11) is 1.36. The lowest BCUT2D eigenvalue weighted by atomic mass is 10.0. The van der Waals surface area contributed by atoms with Crippen LogP contribution in [0.2, 0.25) is 0 Å². The van der Waals surface area contributed by atoms with Gasteiger partial charge in [-0.05, 0) is 29.0 Å². The van der Waals surface area contributed by atoms with E-state index in [1.54, 1.807) is 30.3 Å². The Bertz CT molecular complexity index is 1710. The smallest absolute Gasteiger partial charge is 0.273 e. The Morgan fingerprint density at radius 1 is 0.892 bits per heavy atom. The van der Waals surface area contributed by atoms with Crippen LogP contribution in [0.15, 0.2) is 101 Å². The molecule has 5 rings (SSSR count). The molecule has 1 amide bonds. The minimum Gasteiger partial charge on any atom is -0.505 e. The fourth-order valence-corrected chi connectivity index (χ4v) is 4.08. The number of non-ortho nitro benzene ring substituents is 1. The van der Waals surface area contributed by atoms with Crippen molar-refractivity contribution >= 4 is 50.2 Å². The molecule has 0 heterocycles. The van der Waals surface area contributed by atoms with E-state index in [-0.39, 0.29) is 34.1 Å². The molecule has 0 aromatic heterocycles.